The van der Waals surface area contributed by atoms with Crippen LogP contribution in [0.25, 0.3) is 0 Å². The summed E-state index contributed by atoms with van der Waals surface area (Å²) in [5, 5.41) is 16.2. The van der Waals surface area contributed by atoms with Gasteiger partial charge in [-0.25, -0.2) is 0 Å². The normalized spacial score (nSPS) is 9.40. The van der Waals surface area contributed by atoms with E-state index in [9.17, 15) is 0 Å². The first-order chi connectivity index (χ1) is 4.75. The Labute approximate surface area is 63.1 Å². The third kappa shape index (κ3) is 1.11. The zero-order valence-corrected chi connectivity index (χ0v) is 6.16. The highest BCUT2D eigenvalue weighted by Crippen LogP contribution is 2.11. The Morgan fingerprint density at radius 3 is 3.00 bits per heavy atom. The lowest BCUT2D eigenvalue weighted by molar-refractivity contribution is 1.09. The third-order valence-corrected chi connectivity index (χ3v) is 1.33. The van der Waals surface area contributed by atoms with Gasteiger partial charge >= 0.3 is 0 Å². The van der Waals surface area contributed by atoms with Gasteiger partial charge in [0.1, 0.15) is 11.0 Å². The number of aromatic amines is 1. The summed E-state index contributed by atoms with van der Waals surface area (Å²) in [4.78, 5) is 0. The summed E-state index contributed by atoms with van der Waals surface area (Å²) in [6.45, 7) is 0. The van der Waals surface area contributed by atoms with Gasteiger partial charge < -0.3 is 5.32 Å². The molecule has 0 unspecified atom stereocenters. The summed E-state index contributed by atoms with van der Waals surface area (Å²) >= 11 is 5.41. The third-order valence-electron chi connectivity index (χ3n) is 1.13. The number of nitrogens with zero attached hydrogens (tertiary/aromatic N) is 1. The predicted molar refractivity (Wildman–Crippen MR) is 40.8 cm³/mol. The van der Waals surface area contributed by atoms with E-state index >= 15 is 0 Å². The number of halogens is 1. The fraction of sp³-hybridized carbons (Fsp3) is 0.200. The molecule has 0 fully saturated rings. The molecule has 0 aromatic carbocycles. The molecule has 0 aliphatic heterocycles. The van der Waals surface area contributed by atoms with Crippen LogP contribution in [-0.4, -0.2) is 22.4 Å². The molecule has 1 aromatic rings. The zero-order valence-electron chi connectivity index (χ0n) is 5.40. The molecule has 54 valence electrons. The molecule has 0 aliphatic carbocycles. The standard InChI is InChI=1S/C5H7ClN4/c1-8-5-3(4(6)7)2-9-10-5/h2,7H,1H3,(H2,8,9,10). The molecule has 0 radical (unpaired) electrons. The van der Waals surface area contributed by atoms with Gasteiger partial charge in [0.15, 0.2) is 0 Å². The van der Waals surface area contributed by atoms with Crippen LogP contribution in [0.15, 0.2) is 6.20 Å². The van der Waals surface area contributed by atoms with Gasteiger partial charge in [-0.05, 0) is 0 Å². The lowest BCUT2D eigenvalue weighted by Gasteiger charge is -1.95. The van der Waals surface area contributed by atoms with Crippen molar-refractivity contribution in [2.75, 3.05) is 12.4 Å². The first-order valence-electron chi connectivity index (χ1n) is 2.71. The van der Waals surface area contributed by atoms with E-state index in [0.717, 1.165) is 0 Å². The quantitative estimate of drug-likeness (QED) is 0.563. The van der Waals surface area contributed by atoms with Gasteiger partial charge in [-0.1, -0.05) is 11.6 Å². The van der Waals surface area contributed by atoms with E-state index in [-0.39, 0.29) is 5.17 Å². The van der Waals surface area contributed by atoms with Crippen molar-refractivity contribution in [1.82, 2.24) is 10.2 Å². The van der Waals surface area contributed by atoms with Gasteiger partial charge in [0.2, 0.25) is 0 Å². The van der Waals surface area contributed by atoms with Gasteiger partial charge in [0, 0.05) is 7.05 Å². The average molecular weight is 159 g/mol. The molecule has 0 saturated carbocycles. The van der Waals surface area contributed by atoms with E-state index in [1.165, 1.54) is 6.20 Å². The topological polar surface area (TPSA) is 64.6 Å². The summed E-state index contributed by atoms with van der Waals surface area (Å²) in [5.74, 6) is 0.667. The molecule has 0 amide bonds. The molecule has 1 rings (SSSR count). The van der Waals surface area contributed by atoms with Gasteiger partial charge in [0.05, 0.1) is 11.8 Å². The maximum atomic E-state index is 7.06. The minimum Gasteiger partial charge on any atom is -0.373 e. The maximum Gasteiger partial charge on any atom is 0.133 e. The Morgan fingerprint density at radius 2 is 2.60 bits per heavy atom. The average Bonchev–Trinajstić information content (AvgIpc) is 2.33. The first kappa shape index (κ1) is 7.08. The summed E-state index contributed by atoms with van der Waals surface area (Å²) in [6, 6.07) is 0. The highest BCUT2D eigenvalue weighted by molar-refractivity contribution is 6.69. The number of rotatable bonds is 2. The summed E-state index contributed by atoms with van der Waals surface area (Å²) < 4.78 is 0. The van der Waals surface area contributed by atoms with E-state index < -0.39 is 0 Å². The minimum absolute atomic E-state index is 0.0156. The van der Waals surface area contributed by atoms with Crippen molar-refractivity contribution in [2.45, 2.75) is 0 Å². The molecule has 4 nitrogen and oxygen atoms in total. The lowest BCUT2D eigenvalue weighted by atomic mass is 10.3. The van der Waals surface area contributed by atoms with Crippen molar-refractivity contribution in [3.8, 4) is 0 Å². The molecule has 0 spiro atoms. The van der Waals surface area contributed by atoms with E-state index in [1.54, 1.807) is 7.05 Å². The van der Waals surface area contributed by atoms with Gasteiger partial charge in [-0.3, -0.25) is 10.5 Å². The van der Waals surface area contributed by atoms with Crippen molar-refractivity contribution >= 4 is 22.6 Å². The van der Waals surface area contributed by atoms with E-state index in [0.29, 0.717) is 11.4 Å². The van der Waals surface area contributed by atoms with Crippen LogP contribution in [0.3, 0.4) is 0 Å². The number of H-pyrrole nitrogens is 1. The van der Waals surface area contributed by atoms with E-state index in [2.05, 4.69) is 15.5 Å². The molecule has 10 heavy (non-hydrogen) atoms. The smallest absolute Gasteiger partial charge is 0.133 e. The Balaban J connectivity index is 3.01. The van der Waals surface area contributed by atoms with Crippen LogP contribution >= 0.6 is 11.6 Å². The molecule has 0 saturated heterocycles. The van der Waals surface area contributed by atoms with Crippen molar-refractivity contribution in [3.05, 3.63) is 11.8 Å². The van der Waals surface area contributed by atoms with Crippen LogP contribution in [0.1, 0.15) is 5.56 Å². The van der Waals surface area contributed by atoms with Gasteiger partial charge in [-0.2, -0.15) is 5.10 Å². The Morgan fingerprint density at radius 1 is 1.90 bits per heavy atom. The summed E-state index contributed by atoms with van der Waals surface area (Å²) in [7, 11) is 1.73. The number of aromatic nitrogens is 2. The van der Waals surface area contributed by atoms with Crippen LogP contribution in [0.4, 0.5) is 5.82 Å². The van der Waals surface area contributed by atoms with Gasteiger partial charge in [-0.15, -0.1) is 0 Å². The Bertz CT molecular complexity index is 242. The monoisotopic (exact) mass is 158 g/mol. The highest BCUT2D eigenvalue weighted by atomic mass is 35.5. The van der Waals surface area contributed by atoms with Crippen molar-refractivity contribution in [2.24, 2.45) is 0 Å². The Kier molecular flexibility index (Phi) is 1.91. The molecule has 0 bridgehead atoms. The fourth-order valence-corrected chi connectivity index (χ4v) is 0.786. The van der Waals surface area contributed by atoms with Crippen molar-refractivity contribution in [3.63, 3.8) is 0 Å². The zero-order chi connectivity index (χ0) is 7.56. The second-order valence-electron chi connectivity index (χ2n) is 1.72. The second kappa shape index (κ2) is 2.70. The van der Waals surface area contributed by atoms with Crippen LogP contribution in [0.5, 0.6) is 0 Å². The van der Waals surface area contributed by atoms with Crippen molar-refractivity contribution < 1.29 is 0 Å². The number of anilines is 1. The SMILES string of the molecule is CNc1[nH]ncc1C(=N)Cl. The molecule has 0 aliphatic rings. The molecular weight excluding hydrogens is 152 g/mol. The van der Waals surface area contributed by atoms with Crippen LogP contribution in [-0.2, 0) is 0 Å². The largest absolute Gasteiger partial charge is 0.373 e. The van der Waals surface area contributed by atoms with Crippen molar-refractivity contribution in [1.29, 1.82) is 5.41 Å². The second-order valence-corrected chi connectivity index (χ2v) is 2.10. The lowest BCUT2D eigenvalue weighted by Crippen LogP contribution is -1.95. The summed E-state index contributed by atoms with van der Waals surface area (Å²) in [6.07, 6.45) is 1.50. The summed E-state index contributed by atoms with van der Waals surface area (Å²) in [5.41, 5.74) is 0.587. The van der Waals surface area contributed by atoms with Gasteiger partial charge in [0.25, 0.3) is 0 Å². The van der Waals surface area contributed by atoms with Crippen LogP contribution in [0, 0.1) is 5.41 Å². The van der Waals surface area contributed by atoms with Crippen LogP contribution < -0.4 is 5.32 Å². The van der Waals surface area contributed by atoms with E-state index in [4.69, 9.17) is 17.0 Å². The molecule has 1 heterocycles. The molecule has 5 heteroatoms. The number of nitrogens with one attached hydrogen (secondary N) is 3. The molecule has 0 atom stereocenters. The van der Waals surface area contributed by atoms with E-state index in [1.807, 2.05) is 0 Å². The Hall–Kier alpha value is -1.03. The first-order valence-corrected chi connectivity index (χ1v) is 3.09. The number of hydrogen-bond acceptors (Lipinski definition) is 3. The minimum atomic E-state index is -0.0156. The molecule has 1 aromatic heterocycles. The highest BCUT2D eigenvalue weighted by Gasteiger charge is 2.04. The van der Waals surface area contributed by atoms with Crippen LogP contribution in [0.2, 0.25) is 0 Å². The number of hydrogen-bond donors (Lipinski definition) is 3. The fourth-order valence-electron chi connectivity index (χ4n) is 0.643. The predicted octanol–water partition coefficient (Wildman–Crippen LogP) is 1.02. The molecule has 3 N–H and O–H groups in total. The maximum absolute atomic E-state index is 7.06. The molecular formula is C5H7ClN4.